The van der Waals surface area contributed by atoms with Gasteiger partial charge in [-0.1, -0.05) is 0 Å². The Morgan fingerprint density at radius 3 is 2.21 bits per heavy atom. The highest BCUT2D eigenvalue weighted by Crippen LogP contribution is 2.22. The summed E-state index contributed by atoms with van der Waals surface area (Å²) in [6.45, 7) is -0.943. The molecule has 14 heavy (non-hydrogen) atoms. The molecule has 2 N–H and O–H groups in total. The van der Waals surface area contributed by atoms with Crippen molar-refractivity contribution in [3.8, 4) is 0 Å². The third kappa shape index (κ3) is 1.86. The second-order valence-corrected chi connectivity index (χ2v) is 2.65. The lowest BCUT2D eigenvalue weighted by atomic mass is 10.1. The Kier molecular flexibility index (Phi) is 3.10. The molecule has 0 unspecified atom stereocenters. The molecule has 0 saturated heterocycles. The summed E-state index contributed by atoms with van der Waals surface area (Å²) in [5.41, 5.74) is -0.401. The van der Waals surface area contributed by atoms with Crippen LogP contribution in [0.25, 0.3) is 0 Å². The minimum Gasteiger partial charge on any atom is -0.392 e. The van der Waals surface area contributed by atoms with E-state index in [2.05, 4.69) is 0 Å². The Morgan fingerprint density at radius 1 is 1.29 bits per heavy atom. The fourth-order valence-corrected chi connectivity index (χ4v) is 1.08. The molecule has 0 spiro atoms. The molecule has 1 aromatic carbocycles. The average molecular weight is 201 g/mol. The van der Waals surface area contributed by atoms with E-state index in [0.29, 0.717) is 0 Å². The van der Waals surface area contributed by atoms with Crippen LogP contribution in [0.4, 0.5) is 10.1 Å². The van der Waals surface area contributed by atoms with Crippen molar-refractivity contribution in [1.29, 1.82) is 0 Å². The predicted molar refractivity (Wildman–Crippen MR) is 44.9 cm³/mol. The Hall–Kier alpha value is -1.53. The van der Waals surface area contributed by atoms with Gasteiger partial charge in [0.15, 0.2) is 0 Å². The predicted octanol–water partition coefficient (Wildman–Crippen LogP) is 0.718. The van der Waals surface area contributed by atoms with Crippen LogP contribution in [-0.4, -0.2) is 15.1 Å². The molecule has 0 amide bonds. The van der Waals surface area contributed by atoms with Crippen LogP contribution in [0, 0.1) is 15.9 Å². The lowest BCUT2D eigenvalue weighted by Crippen LogP contribution is -2.00. The normalized spacial score (nSPS) is 10.2. The van der Waals surface area contributed by atoms with Gasteiger partial charge in [-0.05, 0) is 17.2 Å². The minimum atomic E-state index is -1.02. The molecule has 0 radical (unpaired) electrons. The van der Waals surface area contributed by atoms with E-state index >= 15 is 0 Å². The molecule has 5 nitrogen and oxygen atoms in total. The van der Waals surface area contributed by atoms with Crippen LogP contribution in [0.2, 0.25) is 0 Å². The highest BCUT2D eigenvalue weighted by molar-refractivity contribution is 5.40. The Balaban J connectivity index is 3.30. The van der Waals surface area contributed by atoms with Crippen LogP contribution in [0.5, 0.6) is 0 Å². The molecule has 0 fully saturated rings. The quantitative estimate of drug-likeness (QED) is 0.557. The number of nitro benzene ring substituents is 1. The van der Waals surface area contributed by atoms with Gasteiger partial charge in [-0.15, -0.1) is 0 Å². The van der Waals surface area contributed by atoms with Crippen molar-refractivity contribution in [1.82, 2.24) is 0 Å². The topological polar surface area (TPSA) is 83.6 Å². The molecule has 0 heterocycles. The molecular weight excluding hydrogens is 193 g/mol. The first kappa shape index (κ1) is 10.6. The van der Waals surface area contributed by atoms with E-state index < -0.39 is 29.6 Å². The molecule has 0 aromatic heterocycles. The van der Waals surface area contributed by atoms with Gasteiger partial charge in [0, 0.05) is 6.07 Å². The van der Waals surface area contributed by atoms with E-state index in [9.17, 15) is 14.5 Å². The molecule has 0 bridgehead atoms. The first-order valence-electron chi connectivity index (χ1n) is 3.77. The van der Waals surface area contributed by atoms with E-state index in [1.807, 2.05) is 0 Å². The number of benzene rings is 1. The van der Waals surface area contributed by atoms with Crippen LogP contribution in [-0.2, 0) is 13.2 Å². The van der Waals surface area contributed by atoms with Crippen molar-refractivity contribution in [2.75, 3.05) is 0 Å². The van der Waals surface area contributed by atoms with Gasteiger partial charge in [-0.3, -0.25) is 10.1 Å². The summed E-state index contributed by atoms with van der Waals surface area (Å²) >= 11 is 0. The fourth-order valence-electron chi connectivity index (χ4n) is 1.08. The molecule has 1 aromatic rings. The zero-order valence-corrected chi connectivity index (χ0v) is 7.11. The maximum Gasteiger partial charge on any atom is 0.305 e. The van der Waals surface area contributed by atoms with Gasteiger partial charge in [-0.2, -0.15) is 4.39 Å². The SMILES string of the molecule is O=[N+]([O-])c1cc(CO)c(CO)cc1F. The average Bonchev–Trinajstić information content (AvgIpc) is 2.16. The highest BCUT2D eigenvalue weighted by Gasteiger charge is 2.17. The first-order chi connectivity index (χ1) is 6.60. The molecule has 0 aliphatic heterocycles. The summed E-state index contributed by atoms with van der Waals surface area (Å²) in [6, 6.07) is 1.77. The maximum absolute atomic E-state index is 13.0. The molecule has 0 aliphatic rings. The van der Waals surface area contributed by atoms with E-state index in [-0.39, 0.29) is 11.1 Å². The van der Waals surface area contributed by atoms with Crippen LogP contribution < -0.4 is 0 Å². The minimum absolute atomic E-state index is 0.149. The van der Waals surface area contributed by atoms with E-state index in [1.54, 1.807) is 0 Å². The Labute approximate surface area is 78.6 Å². The van der Waals surface area contributed by atoms with Gasteiger partial charge in [0.05, 0.1) is 18.1 Å². The molecule has 76 valence electrons. The number of hydrogen-bond donors (Lipinski definition) is 2. The molecule has 0 atom stereocenters. The smallest absolute Gasteiger partial charge is 0.305 e. The van der Waals surface area contributed by atoms with Gasteiger partial charge in [0.1, 0.15) is 0 Å². The number of rotatable bonds is 3. The van der Waals surface area contributed by atoms with Crippen LogP contribution in [0.1, 0.15) is 11.1 Å². The van der Waals surface area contributed by atoms with E-state index in [1.165, 1.54) is 0 Å². The van der Waals surface area contributed by atoms with Gasteiger partial charge < -0.3 is 10.2 Å². The molecule has 0 saturated carbocycles. The van der Waals surface area contributed by atoms with Gasteiger partial charge in [-0.25, -0.2) is 0 Å². The summed E-state index contributed by atoms with van der Waals surface area (Å²) in [7, 11) is 0. The molecule has 6 heteroatoms. The molecular formula is C8H8FNO4. The number of aliphatic hydroxyl groups is 2. The van der Waals surface area contributed by atoms with Gasteiger partial charge in [0.25, 0.3) is 0 Å². The summed E-state index contributed by atoms with van der Waals surface area (Å²) < 4.78 is 13.0. The van der Waals surface area contributed by atoms with Crippen molar-refractivity contribution >= 4 is 5.69 Å². The number of nitrogens with zero attached hydrogens (tertiary/aromatic N) is 1. The van der Waals surface area contributed by atoms with Crippen molar-refractivity contribution in [2.24, 2.45) is 0 Å². The zero-order valence-electron chi connectivity index (χ0n) is 7.11. The lowest BCUT2D eigenvalue weighted by Gasteiger charge is -2.04. The summed E-state index contributed by atoms with van der Waals surface area (Å²) in [5, 5.41) is 27.9. The van der Waals surface area contributed by atoms with Crippen LogP contribution in [0.3, 0.4) is 0 Å². The Bertz CT molecular complexity index is 367. The van der Waals surface area contributed by atoms with Crippen LogP contribution in [0.15, 0.2) is 12.1 Å². The standard InChI is InChI=1S/C8H8FNO4/c9-7-1-5(3-11)6(4-12)2-8(7)10(13)14/h1-2,11-12H,3-4H2. The van der Waals surface area contributed by atoms with Crippen molar-refractivity contribution in [3.05, 3.63) is 39.2 Å². The maximum atomic E-state index is 13.0. The highest BCUT2D eigenvalue weighted by atomic mass is 19.1. The monoisotopic (exact) mass is 201 g/mol. The van der Waals surface area contributed by atoms with E-state index in [0.717, 1.165) is 12.1 Å². The van der Waals surface area contributed by atoms with Crippen molar-refractivity contribution < 1.29 is 19.5 Å². The summed E-state index contributed by atoms with van der Waals surface area (Å²) in [4.78, 5) is 9.43. The number of aliphatic hydroxyl groups excluding tert-OH is 2. The second kappa shape index (κ2) is 4.12. The number of halogens is 1. The lowest BCUT2D eigenvalue weighted by molar-refractivity contribution is -0.387. The summed E-state index contributed by atoms with van der Waals surface area (Å²) in [6.07, 6.45) is 0. The zero-order chi connectivity index (χ0) is 10.7. The Morgan fingerprint density at radius 2 is 1.79 bits per heavy atom. The van der Waals surface area contributed by atoms with Gasteiger partial charge in [0.2, 0.25) is 5.82 Å². The third-order valence-corrected chi connectivity index (χ3v) is 1.81. The number of hydrogen-bond acceptors (Lipinski definition) is 4. The fraction of sp³-hybridized carbons (Fsp3) is 0.250. The first-order valence-corrected chi connectivity index (χ1v) is 3.77. The van der Waals surface area contributed by atoms with Crippen molar-refractivity contribution in [3.63, 3.8) is 0 Å². The molecule has 0 aliphatic carbocycles. The number of nitro groups is 1. The van der Waals surface area contributed by atoms with Crippen molar-refractivity contribution in [2.45, 2.75) is 13.2 Å². The summed E-state index contributed by atoms with van der Waals surface area (Å²) in [5.74, 6) is -1.02. The van der Waals surface area contributed by atoms with Gasteiger partial charge >= 0.3 is 5.69 Å². The van der Waals surface area contributed by atoms with E-state index in [4.69, 9.17) is 10.2 Å². The third-order valence-electron chi connectivity index (χ3n) is 1.81. The van der Waals surface area contributed by atoms with Crippen LogP contribution >= 0.6 is 0 Å². The second-order valence-electron chi connectivity index (χ2n) is 2.65. The largest absolute Gasteiger partial charge is 0.392 e. The molecule has 1 rings (SSSR count).